The van der Waals surface area contributed by atoms with Crippen LogP contribution in [0.2, 0.25) is 0 Å². The van der Waals surface area contributed by atoms with Crippen LogP contribution in [0.4, 0.5) is 0 Å². The van der Waals surface area contributed by atoms with E-state index >= 15 is 0 Å². The van der Waals surface area contributed by atoms with E-state index in [4.69, 9.17) is 28.3 Å². The zero-order chi connectivity index (χ0) is 29.6. The normalized spacial score (nSPS) is 25.2. The first-order valence-electron chi connectivity index (χ1n) is 15.4. The van der Waals surface area contributed by atoms with Gasteiger partial charge in [-0.25, -0.2) is 9.97 Å². The van der Waals surface area contributed by atoms with Crippen molar-refractivity contribution < 1.29 is 14.3 Å². The Labute approximate surface area is 251 Å². The van der Waals surface area contributed by atoms with Crippen molar-refractivity contribution in [1.82, 2.24) is 28.9 Å². The lowest BCUT2D eigenvalue weighted by atomic mass is 9.71. The second-order valence-electron chi connectivity index (χ2n) is 13.1. The smallest absolute Gasteiger partial charge is 0.254 e. The molecule has 5 heterocycles. The van der Waals surface area contributed by atoms with Crippen LogP contribution in [0.25, 0.3) is 33.6 Å². The van der Waals surface area contributed by atoms with Gasteiger partial charge in [0, 0.05) is 74.2 Å². The van der Waals surface area contributed by atoms with Gasteiger partial charge in [0.25, 0.3) is 5.91 Å². The van der Waals surface area contributed by atoms with Crippen molar-refractivity contribution in [3.05, 3.63) is 42.1 Å². The number of fused-ring (bicyclic) bond motifs is 4. The van der Waals surface area contributed by atoms with E-state index in [1.165, 1.54) is 12.8 Å². The van der Waals surface area contributed by atoms with Crippen molar-refractivity contribution in [2.45, 2.75) is 57.2 Å². The first-order chi connectivity index (χ1) is 20.7. The Hall–Kier alpha value is -3.86. The van der Waals surface area contributed by atoms with Crippen molar-refractivity contribution in [3.63, 3.8) is 0 Å². The number of nitrogens with two attached hydrogens (primary N) is 1. The van der Waals surface area contributed by atoms with E-state index in [0.717, 1.165) is 47.5 Å². The molecule has 2 aliphatic heterocycles. The number of amides is 2. The van der Waals surface area contributed by atoms with E-state index in [1.54, 1.807) is 14.0 Å². The van der Waals surface area contributed by atoms with E-state index in [2.05, 4.69) is 21.3 Å². The molecule has 2 saturated carbocycles. The first kappa shape index (κ1) is 26.7. The van der Waals surface area contributed by atoms with Crippen LogP contribution < -0.4 is 10.5 Å². The highest BCUT2D eigenvalue weighted by Crippen LogP contribution is 2.44. The fourth-order valence-corrected chi connectivity index (χ4v) is 7.66. The van der Waals surface area contributed by atoms with Gasteiger partial charge in [-0.15, -0.1) is 0 Å². The minimum atomic E-state index is -0.849. The highest BCUT2D eigenvalue weighted by atomic mass is 16.5. The van der Waals surface area contributed by atoms with Gasteiger partial charge >= 0.3 is 0 Å². The number of ether oxygens (including phenoxy) is 1. The first-order valence-corrected chi connectivity index (χ1v) is 15.4. The lowest BCUT2D eigenvalue weighted by molar-refractivity contribution is -0.135. The summed E-state index contributed by atoms with van der Waals surface area (Å²) in [7, 11) is 8.09. The topological polar surface area (TPSA) is 112 Å². The van der Waals surface area contributed by atoms with E-state index < -0.39 is 5.44 Å². The number of benzene rings is 1. The minimum Gasteiger partial charge on any atom is -0.494 e. The summed E-state index contributed by atoms with van der Waals surface area (Å²) in [5.41, 5.74) is 9.64. The van der Waals surface area contributed by atoms with Crippen molar-refractivity contribution in [2.75, 3.05) is 26.7 Å². The number of piperidine rings is 1. The van der Waals surface area contributed by atoms with Gasteiger partial charge in [0.1, 0.15) is 16.9 Å². The third-order valence-corrected chi connectivity index (χ3v) is 10.3. The number of carbonyl (C=O) groups excluding carboxylic acids is 2. The molecule has 3 aromatic heterocycles. The Morgan fingerprint density at radius 2 is 1.86 bits per heavy atom. The zero-order valence-electron chi connectivity index (χ0n) is 24.7. The molecule has 2 unspecified atom stereocenters. The van der Waals surface area contributed by atoms with Gasteiger partial charge in [0.05, 0.1) is 26.2 Å². The van der Waals surface area contributed by atoms with E-state index in [0.29, 0.717) is 48.9 Å². The van der Waals surface area contributed by atoms with Crippen LogP contribution in [0, 0.1) is 17.8 Å². The molecule has 1 aromatic carbocycles. The summed E-state index contributed by atoms with van der Waals surface area (Å²) in [6, 6.07) is 9.77. The molecule has 2 radical (unpaired) electrons. The Bertz CT molecular complexity index is 1780. The monoisotopic (exact) mass is 577 g/mol. The molecule has 8 rings (SSSR count). The molecule has 2 aliphatic carbocycles. The maximum absolute atomic E-state index is 13.9. The van der Waals surface area contributed by atoms with Crippen molar-refractivity contribution >= 4 is 41.7 Å². The predicted octanol–water partition coefficient (Wildman–Crippen LogP) is 3.01. The van der Waals surface area contributed by atoms with Gasteiger partial charge in [-0.2, -0.15) is 0 Å². The zero-order valence-corrected chi connectivity index (χ0v) is 24.7. The van der Waals surface area contributed by atoms with Gasteiger partial charge in [-0.1, -0.05) is 0 Å². The van der Waals surface area contributed by atoms with Gasteiger partial charge in [0.2, 0.25) is 5.91 Å². The molecule has 4 aromatic rings. The molecule has 2 bridgehead atoms. The molecular weight excluding hydrogens is 541 g/mol. The maximum atomic E-state index is 13.9. The van der Waals surface area contributed by atoms with Crippen molar-refractivity contribution in [2.24, 2.45) is 23.5 Å². The highest BCUT2D eigenvalue weighted by molar-refractivity contribution is 6.17. The molecule has 3 atom stereocenters. The van der Waals surface area contributed by atoms with E-state index in [1.807, 2.05) is 34.2 Å². The average molecular weight is 577 g/mol. The van der Waals surface area contributed by atoms with Crippen molar-refractivity contribution in [1.29, 1.82) is 0 Å². The molecule has 0 spiro atoms. The Kier molecular flexibility index (Phi) is 5.96. The largest absolute Gasteiger partial charge is 0.494 e. The number of rotatable bonds is 7. The summed E-state index contributed by atoms with van der Waals surface area (Å²) in [4.78, 5) is 39.5. The van der Waals surface area contributed by atoms with Crippen LogP contribution in [0.5, 0.6) is 5.75 Å². The summed E-state index contributed by atoms with van der Waals surface area (Å²) in [5, 5.41) is 1.07. The molecule has 4 fully saturated rings. The molecule has 43 heavy (non-hydrogen) atoms. The minimum absolute atomic E-state index is 0.0908. The van der Waals surface area contributed by atoms with Crippen LogP contribution in [0.1, 0.15) is 43.0 Å². The summed E-state index contributed by atoms with van der Waals surface area (Å²) < 4.78 is 10.5. The van der Waals surface area contributed by atoms with Gasteiger partial charge in [-0.05, 0) is 67.9 Å². The average Bonchev–Trinajstić information content (AvgIpc) is 3.43. The molecule has 10 nitrogen and oxygen atoms in total. The molecule has 220 valence electrons. The number of nitrogens with zero attached hydrogens (tertiary/aromatic N) is 6. The third-order valence-electron chi connectivity index (χ3n) is 10.3. The summed E-state index contributed by atoms with van der Waals surface area (Å²) in [6.45, 7) is 5.16. The second-order valence-corrected chi connectivity index (χ2v) is 13.1. The standard InChI is InChI=1S/C32H36BN7O3/c1-18(41)37-13-20(14-37)16-40-28-24(36-30(40)25-11-21-4-3-9-35-29(21)38(25)15-19-5-6-19)10-22(12-26(28)43-2)31(42)39-17-23-7-8-27(39)32(23,33)34/h3-4,9-12,19-20,23,27H,5-8,13-17,34H2,1-2H3/t23?,27?,32-/m0/s1. The van der Waals surface area contributed by atoms with Gasteiger partial charge < -0.3 is 29.4 Å². The number of carbonyl (C=O) groups is 2. The van der Waals surface area contributed by atoms with Crippen LogP contribution in [0.3, 0.4) is 0 Å². The highest BCUT2D eigenvalue weighted by Gasteiger charge is 2.54. The Morgan fingerprint density at radius 3 is 2.53 bits per heavy atom. The number of likely N-dealkylation sites (tertiary alicyclic amines) is 2. The Morgan fingerprint density at radius 1 is 1.07 bits per heavy atom. The number of pyridine rings is 1. The SMILES string of the molecule is [B][C@]1(N)C2CCC1N(C(=O)c1cc(OC)c3c(c1)nc(-c1cc4cccnc4n1CC1CC1)n3CC1CN(C(C)=O)C1)C2. The summed E-state index contributed by atoms with van der Waals surface area (Å²) in [5.74, 6) is 2.45. The lowest BCUT2D eigenvalue weighted by Crippen LogP contribution is -2.52. The van der Waals surface area contributed by atoms with Crippen LogP contribution in [0.15, 0.2) is 36.5 Å². The number of aromatic nitrogens is 4. The number of methoxy groups -OCH3 is 1. The Balaban J connectivity index is 1.26. The third kappa shape index (κ3) is 4.18. The van der Waals surface area contributed by atoms with E-state index in [-0.39, 0.29) is 29.7 Å². The summed E-state index contributed by atoms with van der Waals surface area (Å²) in [6.07, 6.45) is 6.04. The van der Waals surface area contributed by atoms with Crippen LogP contribution in [-0.4, -0.2) is 86.8 Å². The molecule has 2 amide bonds. The van der Waals surface area contributed by atoms with E-state index in [9.17, 15) is 9.59 Å². The van der Waals surface area contributed by atoms with Crippen LogP contribution >= 0.6 is 0 Å². The molecular formula is C32H36BN7O3. The van der Waals surface area contributed by atoms with Crippen LogP contribution in [-0.2, 0) is 17.9 Å². The van der Waals surface area contributed by atoms with Gasteiger partial charge in [0.15, 0.2) is 5.82 Å². The second kappa shape index (κ2) is 9.57. The molecule has 11 heteroatoms. The van der Waals surface area contributed by atoms with Crippen molar-refractivity contribution in [3.8, 4) is 17.3 Å². The number of hydrogen-bond acceptors (Lipinski definition) is 6. The fraction of sp³-hybridized carbons (Fsp3) is 0.500. The van der Waals surface area contributed by atoms with Gasteiger partial charge in [-0.3, -0.25) is 9.59 Å². The molecule has 4 aliphatic rings. The fourth-order valence-electron chi connectivity index (χ4n) is 7.66. The predicted molar refractivity (Wildman–Crippen MR) is 164 cm³/mol. The maximum Gasteiger partial charge on any atom is 0.254 e. The number of hydrogen-bond donors (Lipinski definition) is 1. The summed E-state index contributed by atoms with van der Waals surface area (Å²) >= 11 is 0. The number of imidazole rings is 1. The lowest BCUT2D eigenvalue weighted by Gasteiger charge is -2.39. The quantitative estimate of drug-likeness (QED) is 0.338. The molecule has 2 saturated heterocycles. The molecule has 2 N–H and O–H groups in total.